The molecule has 1 atom stereocenters. The molecule has 0 fully saturated rings. The number of benzene rings is 1. The Morgan fingerprint density at radius 3 is 2.06 bits per heavy atom. The van der Waals surface area contributed by atoms with Crippen molar-refractivity contribution in [3.05, 3.63) is 40.3 Å². The van der Waals surface area contributed by atoms with Gasteiger partial charge in [0.2, 0.25) is 0 Å². The van der Waals surface area contributed by atoms with Gasteiger partial charge in [-0.2, -0.15) is 0 Å². The van der Waals surface area contributed by atoms with Crippen molar-refractivity contribution in [2.45, 2.75) is 20.8 Å². The highest BCUT2D eigenvalue weighted by Gasteiger charge is 2.33. The Kier molecular flexibility index (Phi) is 2.68. The summed E-state index contributed by atoms with van der Waals surface area (Å²) in [5, 5.41) is 0. The lowest BCUT2D eigenvalue weighted by atomic mass is 10.2. The maximum absolute atomic E-state index is 12.0. The van der Waals surface area contributed by atoms with Crippen LogP contribution >= 0.6 is 0 Å². The summed E-state index contributed by atoms with van der Waals surface area (Å²) < 4.78 is 13.3. The fraction of sp³-hybridized carbons (Fsp3) is 0.250. The van der Waals surface area contributed by atoms with Crippen molar-refractivity contribution in [1.82, 2.24) is 0 Å². The third kappa shape index (κ3) is 1.59. The maximum Gasteiger partial charge on any atom is 0.267 e. The molecule has 1 aliphatic rings. The summed E-state index contributed by atoms with van der Waals surface area (Å²) in [6, 6.07) is 7.44. The molecule has 0 spiro atoms. The molecule has 0 aromatic heterocycles. The van der Waals surface area contributed by atoms with Crippen molar-refractivity contribution in [2.24, 2.45) is 0 Å². The van der Waals surface area contributed by atoms with E-state index in [-0.39, 0.29) is 5.91 Å². The Balaban J connectivity index is 2.42. The summed E-state index contributed by atoms with van der Waals surface area (Å²) in [6.07, 6.45) is 0. The Hall–Kier alpha value is -1.42. The monoisotopic (exact) mass is 235 g/mol. The molecule has 1 amide bonds. The van der Waals surface area contributed by atoms with Crippen molar-refractivity contribution >= 4 is 22.6 Å². The summed E-state index contributed by atoms with van der Waals surface area (Å²) >= 11 is 0. The van der Waals surface area contributed by atoms with Crippen molar-refractivity contribution in [3.63, 3.8) is 0 Å². The van der Waals surface area contributed by atoms with Crippen LogP contribution in [0.5, 0.6) is 0 Å². The van der Waals surface area contributed by atoms with Crippen molar-refractivity contribution in [2.75, 3.05) is 4.31 Å². The first-order chi connectivity index (χ1) is 7.52. The lowest BCUT2D eigenvalue weighted by Gasteiger charge is -2.15. The van der Waals surface area contributed by atoms with E-state index in [4.69, 9.17) is 0 Å². The second-order valence-corrected chi connectivity index (χ2v) is 5.34. The van der Waals surface area contributed by atoms with E-state index in [0.29, 0.717) is 16.2 Å². The zero-order valence-electron chi connectivity index (χ0n) is 9.48. The van der Waals surface area contributed by atoms with Crippen molar-refractivity contribution in [3.8, 4) is 0 Å². The molecule has 84 valence electrons. The molecule has 0 saturated heterocycles. The van der Waals surface area contributed by atoms with Crippen LogP contribution in [0.1, 0.15) is 19.4 Å². The van der Waals surface area contributed by atoms with Crippen LogP contribution in [0.4, 0.5) is 5.69 Å². The topological polar surface area (TPSA) is 37.4 Å². The van der Waals surface area contributed by atoms with Crippen LogP contribution in [0, 0.1) is 6.92 Å². The molecular weight excluding hydrogens is 222 g/mol. The molecule has 1 heterocycles. The van der Waals surface area contributed by atoms with E-state index >= 15 is 0 Å². The van der Waals surface area contributed by atoms with Gasteiger partial charge in [0, 0.05) is 10.5 Å². The van der Waals surface area contributed by atoms with Gasteiger partial charge in [0.05, 0.1) is 5.69 Å². The van der Waals surface area contributed by atoms with Crippen LogP contribution < -0.4 is 4.31 Å². The average Bonchev–Trinajstić information content (AvgIpc) is 2.46. The molecule has 4 heteroatoms. The minimum Gasteiger partial charge on any atom is -0.268 e. The molecule has 1 aliphatic heterocycles. The summed E-state index contributed by atoms with van der Waals surface area (Å²) in [7, 11) is -1.36. The van der Waals surface area contributed by atoms with Crippen LogP contribution in [-0.4, -0.2) is 10.1 Å². The van der Waals surface area contributed by atoms with E-state index in [0.717, 1.165) is 5.56 Å². The van der Waals surface area contributed by atoms with Crippen molar-refractivity contribution < 1.29 is 9.00 Å². The number of hydrogen-bond donors (Lipinski definition) is 0. The number of amides is 1. The van der Waals surface area contributed by atoms with Crippen molar-refractivity contribution in [1.29, 1.82) is 0 Å². The van der Waals surface area contributed by atoms with Gasteiger partial charge in [0.1, 0.15) is 0 Å². The number of allylic oxidation sites excluding steroid dienone is 1. The second kappa shape index (κ2) is 3.87. The van der Waals surface area contributed by atoms with Gasteiger partial charge >= 0.3 is 0 Å². The molecule has 2 rings (SSSR count). The number of hydrogen-bond acceptors (Lipinski definition) is 2. The van der Waals surface area contributed by atoms with Gasteiger partial charge in [-0.1, -0.05) is 17.7 Å². The Morgan fingerprint density at radius 2 is 1.62 bits per heavy atom. The van der Waals surface area contributed by atoms with Gasteiger partial charge < -0.3 is 0 Å². The third-order valence-corrected chi connectivity index (χ3v) is 4.27. The molecule has 0 N–H and O–H groups in total. The first-order valence-electron chi connectivity index (χ1n) is 5.03. The van der Waals surface area contributed by atoms with Gasteiger partial charge in [-0.15, -0.1) is 0 Å². The van der Waals surface area contributed by atoms with Crippen LogP contribution in [0.25, 0.3) is 0 Å². The van der Waals surface area contributed by atoms with Gasteiger partial charge in [-0.3, -0.25) is 4.79 Å². The van der Waals surface area contributed by atoms with Gasteiger partial charge in [0.25, 0.3) is 5.91 Å². The number of anilines is 1. The second-order valence-electron chi connectivity index (χ2n) is 3.87. The predicted molar refractivity (Wildman–Crippen MR) is 65.2 cm³/mol. The highest BCUT2D eigenvalue weighted by Crippen LogP contribution is 2.29. The quantitative estimate of drug-likeness (QED) is 0.749. The Bertz CT molecular complexity index is 478. The lowest BCUT2D eigenvalue weighted by molar-refractivity contribution is -0.113. The number of carbonyl (C=O) groups excluding carboxylic acids is 1. The molecule has 16 heavy (non-hydrogen) atoms. The summed E-state index contributed by atoms with van der Waals surface area (Å²) in [5.41, 5.74) is 2.38. The largest absolute Gasteiger partial charge is 0.268 e. The van der Waals surface area contributed by atoms with Crippen LogP contribution in [-0.2, 0) is 15.8 Å². The molecular formula is C12H13NO2S. The minimum absolute atomic E-state index is 0.167. The fourth-order valence-electron chi connectivity index (χ4n) is 1.54. The molecule has 1 unspecified atom stereocenters. The number of carbonyl (C=O) groups is 1. The van der Waals surface area contributed by atoms with Gasteiger partial charge in [-0.25, -0.2) is 8.51 Å². The molecule has 1 aromatic carbocycles. The van der Waals surface area contributed by atoms with E-state index in [1.807, 2.05) is 31.2 Å². The third-order valence-electron chi connectivity index (χ3n) is 2.73. The maximum atomic E-state index is 12.0. The number of aryl methyl sites for hydroxylation is 1. The minimum atomic E-state index is -1.36. The number of rotatable bonds is 1. The average molecular weight is 235 g/mol. The highest BCUT2D eigenvalue weighted by molar-refractivity contribution is 7.91. The summed E-state index contributed by atoms with van der Waals surface area (Å²) in [5.74, 6) is -0.167. The van der Waals surface area contributed by atoms with E-state index < -0.39 is 11.0 Å². The first-order valence-corrected chi connectivity index (χ1v) is 6.13. The summed E-state index contributed by atoms with van der Waals surface area (Å²) in [6.45, 7) is 5.42. The van der Waals surface area contributed by atoms with Gasteiger partial charge in [-0.05, 0) is 32.9 Å². The SMILES string of the molecule is CC1=C(C)S(=O)N(c2ccc(C)cc2)C1=O. The zero-order valence-corrected chi connectivity index (χ0v) is 10.3. The summed E-state index contributed by atoms with van der Waals surface area (Å²) in [4.78, 5) is 12.5. The Morgan fingerprint density at radius 1 is 1.06 bits per heavy atom. The van der Waals surface area contributed by atoms with Crippen LogP contribution in [0.2, 0.25) is 0 Å². The highest BCUT2D eigenvalue weighted by atomic mass is 32.2. The smallest absolute Gasteiger partial charge is 0.267 e. The normalized spacial score (nSPS) is 20.8. The van der Waals surface area contributed by atoms with E-state index in [9.17, 15) is 9.00 Å². The first kappa shape index (κ1) is 11.1. The van der Waals surface area contributed by atoms with E-state index in [2.05, 4.69) is 0 Å². The Labute approximate surface area is 97.4 Å². The molecule has 1 aromatic rings. The molecule has 3 nitrogen and oxygen atoms in total. The van der Waals surface area contributed by atoms with Gasteiger partial charge in [0.15, 0.2) is 11.0 Å². The fourth-order valence-corrected chi connectivity index (χ4v) is 2.76. The molecule has 0 radical (unpaired) electrons. The predicted octanol–water partition coefficient (Wildman–Crippen LogP) is 2.30. The molecule has 0 bridgehead atoms. The van der Waals surface area contributed by atoms with Crippen LogP contribution in [0.15, 0.2) is 34.7 Å². The molecule has 0 aliphatic carbocycles. The zero-order chi connectivity index (χ0) is 11.9. The van der Waals surface area contributed by atoms with E-state index in [1.54, 1.807) is 13.8 Å². The molecule has 0 saturated carbocycles. The van der Waals surface area contributed by atoms with Crippen LogP contribution in [0.3, 0.4) is 0 Å². The number of nitrogens with zero attached hydrogens (tertiary/aromatic N) is 1. The van der Waals surface area contributed by atoms with E-state index in [1.165, 1.54) is 4.31 Å². The standard InChI is InChI=1S/C12H13NO2S/c1-8-4-6-11(7-5-8)13-12(14)9(2)10(3)16(13)15/h4-7H,1-3H3. The lowest BCUT2D eigenvalue weighted by Crippen LogP contribution is -2.26.